The second-order valence-corrected chi connectivity index (χ2v) is 3.72. The highest BCUT2D eigenvalue weighted by Crippen LogP contribution is 2.29. The second kappa shape index (κ2) is 5.49. The van der Waals surface area contributed by atoms with Crippen LogP contribution in [0.5, 0.6) is 5.75 Å². The Labute approximate surface area is 96.6 Å². The lowest BCUT2D eigenvalue weighted by Crippen LogP contribution is -2.12. The third kappa shape index (κ3) is 3.35. The Bertz CT molecular complexity index is 428. The van der Waals surface area contributed by atoms with Gasteiger partial charge in [0.25, 0.3) is 0 Å². The first-order valence-corrected chi connectivity index (χ1v) is 5.54. The van der Waals surface area contributed by atoms with Gasteiger partial charge in [0.2, 0.25) is 0 Å². The number of nitrogens with one attached hydrogen (secondary N) is 1. The van der Waals surface area contributed by atoms with Crippen molar-refractivity contribution >= 4 is 34.2 Å². The Morgan fingerprint density at radius 2 is 2.40 bits per heavy atom. The fourth-order valence-electron chi connectivity index (χ4n) is 0.873. The number of halogens is 1. The monoisotopic (exact) mass is 241 g/mol. The zero-order valence-electron chi connectivity index (χ0n) is 7.86. The number of hydrogen-bond donors (Lipinski definition) is 2. The molecular formula is C9H8ClN3OS. The second-order valence-electron chi connectivity index (χ2n) is 2.49. The molecule has 1 rings (SSSR count). The highest BCUT2D eigenvalue weighted by Gasteiger charge is 2.02. The van der Waals surface area contributed by atoms with Crippen molar-refractivity contribution in [2.75, 3.05) is 6.26 Å². The SMILES string of the molecule is CSC(=Nc1ccc(Cl)cc1O)NC#N. The largest absolute Gasteiger partial charge is 0.506 e. The van der Waals surface area contributed by atoms with Crippen LogP contribution in [0.25, 0.3) is 0 Å². The predicted molar refractivity (Wildman–Crippen MR) is 62.5 cm³/mol. The number of nitrogens with zero attached hydrogens (tertiary/aromatic N) is 2. The fourth-order valence-corrected chi connectivity index (χ4v) is 1.38. The molecule has 15 heavy (non-hydrogen) atoms. The molecular weight excluding hydrogens is 234 g/mol. The van der Waals surface area contributed by atoms with Crippen LogP contribution >= 0.6 is 23.4 Å². The summed E-state index contributed by atoms with van der Waals surface area (Å²) in [5.41, 5.74) is 0.367. The van der Waals surface area contributed by atoms with Crippen LogP contribution in [0.1, 0.15) is 0 Å². The van der Waals surface area contributed by atoms with Crippen molar-refractivity contribution in [1.29, 1.82) is 5.26 Å². The van der Waals surface area contributed by atoms with E-state index < -0.39 is 0 Å². The molecule has 0 spiro atoms. The summed E-state index contributed by atoms with van der Waals surface area (Å²) in [6.07, 6.45) is 3.53. The van der Waals surface area contributed by atoms with E-state index in [4.69, 9.17) is 16.9 Å². The van der Waals surface area contributed by atoms with E-state index in [1.807, 2.05) is 0 Å². The van der Waals surface area contributed by atoms with Gasteiger partial charge in [-0.05, 0) is 18.4 Å². The van der Waals surface area contributed by atoms with Gasteiger partial charge >= 0.3 is 0 Å². The Morgan fingerprint density at radius 1 is 1.67 bits per heavy atom. The molecule has 0 aliphatic heterocycles. The van der Waals surface area contributed by atoms with Crippen LogP contribution in [0, 0.1) is 11.5 Å². The van der Waals surface area contributed by atoms with Gasteiger partial charge in [0.05, 0.1) is 0 Å². The van der Waals surface area contributed by atoms with Gasteiger partial charge in [-0.1, -0.05) is 23.4 Å². The van der Waals surface area contributed by atoms with Crippen molar-refractivity contribution in [3.05, 3.63) is 23.2 Å². The van der Waals surface area contributed by atoms with E-state index >= 15 is 0 Å². The maximum Gasteiger partial charge on any atom is 0.183 e. The summed E-state index contributed by atoms with van der Waals surface area (Å²) in [4.78, 5) is 4.04. The third-order valence-corrected chi connectivity index (χ3v) is 2.33. The summed E-state index contributed by atoms with van der Waals surface area (Å²) in [6.45, 7) is 0. The lowest BCUT2D eigenvalue weighted by molar-refractivity contribution is 0.477. The van der Waals surface area contributed by atoms with Gasteiger partial charge in [0, 0.05) is 11.1 Å². The van der Waals surface area contributed by atoms with Crippen molar-refractivity contribution in [1.82, 2.24) is 5.32 Å². The number of rotatable bonds is 1. The van der Waals surface area contributed by atoms with Crippen molar-refractivity contribution in [3.8, 4) is 11.9 Å². The standard InChI is InChI=1S/C9H8ClN3OS/c1-15-9(12-5-11)13-7-3-2-6(10)4-8(7)14/h2-4,14H,1H3,(H,12,13). The molecule has 0 radical (unpaired) electrons. The van der Waals surface area contributed by atoms with Crippen LogP contribution < -0.4 is 5.32 Å². The van der Waals surface area contributed by atoms with Crippen LogP contribution in [0.15, 0.2) is 23.2 Å². The highest BCUT2D eigenvalue weighted by atomic mass is 35.5. The van der Waals surface area contributed by atoms with Crippen LogP contribution in [0.3, 0.4) is 0 Å². The molecule has 0 aromatic heterocycles. The molecule has 6 heteroatoms. The van der Waals surface area contributed by atoms with Gasteiger partial charge in [-0.25, -0.2) is 4.99 Å². The summed E-state index contributed by atoms with van der Waals surface area (Å²) >= 11 is 6.94. The van der Waals surface area contributed by atoms with Crippen molar-refractivity contribution in [3.63, 3.8) is 0 Å². The number of phenolic OH excluding ortho intramolecular Hbond substituents is 1. The molecule has 0 aliphatic carbocycles. The number of aromatic hydroxyl groups is 1. The average Bonchev–Trinajstić information content (AvgIpc) is 2.21. The summed E-state index contributed by atoms with van der Waals surface area (Å²) < 4.78 is 0. The number of nitriles is 1. The van der Waals surface area contributed by atoms with Crippen molar-refractivity contribution in [2.45, 2.75) is 0 Å². The molecule has 0 amide bonds. The molecule has 0 atom stereocenters. The van der Waals surface area contributed by atoms with E-state index in [2.05, 4.69) is 10.3 Å². The molecule has 1 aromatic carbocycles. The van der Waals surface area contributed by atoms with Gasteiger partial charge < -0.3 is 5.11 Å². The van der Waals surface area contributed by atoms with Crippen molar-refractivity contribution in [2.24, 2.45) is 4.99 Å². The van der Waals surface area contributed by atoms with E-state index in [1.54, 1.807) is 24.6 Å². The van der Waals surface area contributed by atoms with E-state index in [1.165, 1.54) is 17.8 Å². The summed E-state index contributed by atoms with van der Waals surface area (Å²) in [5, 5.41) is 21.2. The van der Waals surface area contributed by atoms with E-state index in [-0.39, 0.29) is 5.75 Å². The molecule has 0 heterocycles. The molecule has 78 valence electrons. The Kier molecular flexibility index (Phi) is 4.28. The fraction of sp³-hybridized carbons (Fsp3) is 0.111. The maximum absolute atomic E-state index is 9.49. The van der Waals surface area contributed by atoms with Gasteiger partial charge in [-0.3, -0.25) is 5.32 Å². The van der Waals surface area contributed by atoms with E-state index in [0.717, 1.165) is 0 Å². The molecule has 0 saturated carbocycles. The number of aliphatic imine (C=N–C) groups is 1. The van der Waals surface area contributed by atoms with Gasteiger partial charge in [-0.2, -0.15) is 5.26 Å². The molecule has 2 N–H and O–H groups in total. The Hall–Kier alpha value is -1.38. The smallest absolute Gasteiger partial charge is 0.183 e. The van der Waals surface area contributed by atoms with E-state index in [0.29, 0.717) is 15.9 Å². The lowest BCUT2D eigenvalue weighted by Gasteiger charge is -2.02. The molecule has 0 aliphatic rings. The van der Waals surface area contributed by atoms with Gasteiger partial charge in [-0.15, -0.1) is 0 Å². The zero-order valence-corrected chi connectivity index (χ0v) is 9.43. The van der Waals surface area contributed by atoms with Crippen molar-refractivity contribution < 1.29 is 5.11 Å². The average molecular weight is 242 g/mol. The minimum Gasteiger partial charge on any atom is -0.506 e. The quantitative estimate of drug-likeness (QED) is 0.343. The Balaban J connectivity index is 3.01. The molecule has 1 aromatic rings. The topological polar surface area (TPSA) is 68.4 Å². The predicted octanol–water partition coefficient (Wildman–Crippen LogP) is 2.47. The minimum absolute atomic E-state index is 0.0196. The molecule has 4 nitrogen and oxygen atoms in total. The number of benzene rings is 1. The van der Waals surface area contributed by atoms with Gasteiger partial charge in [0.15, 0.2) is 11.4 Å². The number of amidine groups is 1. The maximum atomic E-state index is 9.49. The highest BCUT2D eigenvalue weighted by molar-refractivity contribution is 8.13. The lowest BCUT2D eigenvalue weighted by atomic mass is 10.3. The van der Waals surface area contributed by atoms with Crippen LogP contribution in [-0.2, 0) is 0 Å². The number of thioether (sulfide) groups is 1. The zero-order chi connectivity index (χ0) is 11.3. The molecule has 0 saturated heterocycles. The van der Waals surface area contributed by atoms with Crippen LogP contribution in [-0.4, -0.2) is 16.5 Å². The molecule has 0 unspecified atom stereocenters. The summed E-state index contributed by atoms with van der Waals surface area (Å²) in [5.74, 6) is -0.0196. The number of hydrogen-bond acceptors (Lipinski definition) is 4. The first kappa shape index (κ1) is 11.7. The normalized spacial score (nSPS) is 10.9. The summed E-state index contributed by atoms with van der Waals surface area (Å²) in [7, 11) is 0. The first-order chi connectivity index (χ1) is 7.17. The third-order valence-electron chi connectivity index (χ3n) is 1.52. The first-order valence-electron chi connectivity index (χ1n) is 3.93. The number of phenols is 1. The van der Waals surface area contributed by atoms with Crippen LogP contribution in [0.4, 0.5) is 5.69 Å². The summed E-state index contributed by atoms with van der Waals surface area (Å²) in [6, 6.07) is 4.59. The molecule has 0 fully saturated rings. The van der Waals surface area contributed by atoms with Gasteiger partial charge in [0.1, 0.15) is 11.4 Å². The van der Waals surface area contributed by atoms with E-state index in [9.17, 15) is 5.11 Å². The minimum atomic E-state index is -0.0196. The Morgan fingerprint density at radius 3 is 2.93 bits per heavy atom. The van der Waals surface area contributed by atoms with Crippen LogP contribution in [0.2, 0.25) is 5.02 Å². The molecule has 0 bridgehead atoms.